The van der Waals surface area contributed by atoms with Crippen molar-refractivity contribution in [3.05, 3.63) is 101 Å². The largest absolute Gasteiger partial charge is 0.375 e. The highest BCUT2D eigenvalue weighted by Gasteiger charge is 2.40. The van der Waals surface area contributed by atoms with Crippen molar-refractivity contribution in [2.24, 2.45) is 5.73 Å². The first-order valence-corrected chi connectivity index (χ1v) is 13.3. The van der Waals surface area contributed by atoms with Gasteiger partial charge in [-0.05, 0) is 72.6 Å². The average molecular weight is 508 g/mol. The molecule has 0 atom stereocenters. The molecule has 3 aromatic carbocycles. The van der Waals surface area contributed by atoms with E-state index in [-0.39, 0.29) is 11.4 Å². The van der Waals surface area contributed by atoms with Crippen molar-refractivity contribution >= 4 is 5.91 Å². The predicted molar refractivity (Wildman–Crippen MR) is 147 cm³/mol. The number of nitrogens with two attached hydrogens (primary N) is 1. The summed E-state index contributed by atoms with van der Waals surface area (Å²) in [5.74, 6) is 0.0250. The molecule has 1 aromatic heterocycles. The molecular weight excluding hydrogens is 474 g/mol. The molecule has 2 saturated heterocycles. The van der Waals surface area contributed by atoms with Crippen molar-refractivity contribution in [3.8, 4) is 16.8 Å². The van der Waals surface area contributed by atoms with Crippen LogP contribution in [0.2, 0.25) is 0 Å². The van der Waals surface area contributed by atoms with Crippen LogP contribution in [0.15, 0.2) is 72.8 Å². The maximum absolute atomic E-state index is 11.4. The van der Waals surface area contributed by atoms with Gasteiger partial charge in [-0.2, -0.15) is 0 Å². The van der Waals surface area contributed by atoms with Gasteiger partial charge in [0, 0.05) is 19.6 Å². The zero-order valence-corrected chi connectivity index (χ0v) is 21.8. The summed E-state index contributed by atoms with van der Waals surface area (Å²) >= 11 is 0. The molecule has 6 rings (SSSR count). The molecule has 0 aliphatic carbocycles. The first-order valence-electron chi connectivity index (χ1n) is 13.3. The number of nitrogens with zero attached hydrogens (tertiary/aromatic N) is 4. The molecule has 2 N–H and O–H groups in total. The molecule has 38 heavy (non-hydrogen) atoms. The lowest BCUT2D eigenvalue weighted by Crippen LogP contribution is -2.52. The summed E-state index contributed by atoms with van der Waals surface area (Å²) in [6, 6.07) is 25.9. The van der Waals surface area contributed by atoms with Crippen LogP contribution in [0.5, 0.6) is 0 Å². The molecule has 0 saturated carbocycles. The summed E-state index contributed by atoms with van der Waals surface area (Å²) in [5.41, 5.74) is 12.7. The van der Waals surface area contributed by atoms with E-state index < -0.39 is 5.91 Å². The van der Waals surface area contributed by atoms with Gasteiger partial charge in [0.1, 0.15) is 5.82 Å². The Balaban J connectivity index is 1.05. The average Bonchev–Trinajstić information content (AvgIpc) is 3.32. The number of ether oxygens (including phenoxy) is 1. The summed E-state index contributed by atoms with van der Waals surface area (Å²) in [6.07, 6.45) is 4.41. The van der Waals surface area contributed by atoms with Gasteiger partial charge in [-0.25, -0.2) is 9.67 Å². The molecule has 1 spiro atoms. The third-order valence-corrected chi connectivity index (χ3v) is 7.96. The van der Waals surface area contributed by atoms with E-state index in [0.717, 1.165) is 38.3 Å². The highest BCUT2D eigenvalue weighted by molar-refractivity contribution is 5.88. The van der Waals surface area contributed by atoms with Gasteiger partial charge in [-0.15, -0.1) is 5.10 Å². The van der Waals surface area contributed by atoms with Crippen LogP contribution in [0.1, 0.15) is 52.4 Å². The minimum Gasteiger partial charge on any atom is -0.375 e. The van der Waals surface area contributed by atoms with Crippen molar-refractivity contribution in [2.75, 3.05) is 19.7 Å². The maximum Gasteiger partial charge on any atom is 0.288 e. The summed E-state index contributed by atoms with van der Waals surface area (Å²) in [6.45, 7) is 6.01. The molecule has 2 fully saturated rings. The number of amides is 1. The van der Waals surface area contributed by atoms with E-state index >= 15 is 0 Å². The topological polar surface area (TPSA) is 86.3 Å². The number of aryl methyl sites for hydroxylation is 1. The van der Waals surface area contributed by atoms with E-state index in [0.29, 0.717) is 5.82 Å². The summed E-state index contributed by atoms with van der Waals surface area (Å²) in [7, 11) is 0. The highest BCUT2D eigenvalue weighted by Crippen LogP contribution is 2.37. The first-order chi connectivity index (χ1) is 18.5. The summed E-state index contributed by atoms with van der Waals surface area (Å²) in [5, 5.41) is 4.20. The van der Waals surface area contributed by atoms with Crippen LogP contribution in [-0.4, -0.2) is 50.9 Å². The van der Waals surface area contributed by atoms with Crippen LogP contribution in [-0.2, 0) is 17.7 Å². The first kappa shape index (κ1) is 24.5. The number of aromatic nitrogens is 3. The van der Waals surface area contributed by atoms with E-state index in [9.17, 15) is 4.79 Å². The number of hydrogen-bond donors (Lipinski definition) is 1. The number of rotatable bonds is 7. The second-order valence-electron chi connectivity index (χ2n) is 10.6. The third-order valence-electron chi connectivity index (χ3n) is 7.96. The van der Waals surface area contributed by atoms with Gasteiger partial charge in [-0.1, -0.05) is 60.7 Å². The summed E-state index contributed by atoms with van der Waals surface area (Å²) < 4.78 is 7.49. The standard InChI is InChI=1S/C31H33N5O2/c1-22-33-30(29(32)37)34-36(22)28-12-6-24(7-13-28)20-23-2-8-26(9-3-23)27-10-4-25(5-11-27)21-35-17-14-31(15-18-35)16-19-38-31/h2-13H,14-21H2,1H3,(H2,32,37). The molecule has 7 nitrogen and oxygen atoms in total. The predicted octanol–water partition coefficient (Wildman–Crippen LogP) is 4.69. The zero-order chi connectivity index (χ0) is 26.1. The zero-order valence-electron chi connectivity index (χ0n) is 21.8. The van der Waals surface area contributed by atoms with Crippen LogP contribution in [0.25, 0.3) is 16.8 Å². The SMILES string of the molecule is Cc1nc(C(N)=O)nn1-c1ccc(Cc2ccc(-c3ccc(CN4CCC5(CCO5)CC4)cc3)cc2)cc1. The molecule has 1 amide bonds. The Morgan fingerprint density at radius 2 is 1.42 bits per heavy atom. The van der Waals surface area contributed by atoms with Gasteiger partial charge in [0.2, 0.25) is 5.82 Å². The normalized spacial score (nSPS) is 16.9. The Morgan fingerprint density at radius 3 is 1.92 bits per heavy atom. The molecule has 3 heterocycles. The van der Waals surface area contributed by atoms with Gasteiger partial charge in [0.15, 0.2) is 0 Å². The monoisotopic (exact) mass is 507 g/mol. The molecular formula is C31H33N5O2. The number of benzene rings is 3. The lowest BCUT2D eigenvalue weighted by molar-refractivity contribution is -0.173. The minimum absolute atomic E-state index is 0.0283. The van der Waals surface area contributed by atoms with Gasteiger partial charge in [-0.3, -0.25) is 9.69 Å². The minimum atomic E-state index is -0.627. The number of hydrogen-bond acceptors (Lipinski definition) is 5. The third kappa shape index (κ3) is 5.12. The van der Waals surface area contributed by atoms with Gasteiger partial charge >= 0.3 is 0 Å². The molecule has 194 valence electrons. The second-order valence-corrected chi connectivity index (χ2v) is 10.6. The Kier molecular flexibility index (Phi) is 6.55. The maximum atomic E-state index is 11.4. The Morgan fingerprint density at radius 1 is 0.868 bits per heavy atom. The van der Waals surface area contributed by atoms with Crippen LogP contribution >= 0.6 is 0 Å². The van der Waals surface area contributed by atoms with Crippen molar-refractivity contribution in [1.82, 2.24) is 19.7 Å². The van der Waals surface area contributed by atoms with Crippen LogP contribution in [0.4, 0.5) is 0 Å². The Hall–Kier alpha value is -3.81. The van der Waals surface area contributed by atoms with Crippen molar-refractivity contribution < 1.29 is 9.53 Å². The molecule has 0 unspecified atom stereocenters. The van der Waals surface area contributed by atoms with Gasteiger partial charge in [0.25, 0.3) is 5.91 Å². The smallest absolute Gasteiger partial charge is 0.288 e. The number of piperidine rings is 1. The lowest BCUT2D eigenvalue weighted by atomic mass is 9.84. The number of likely N-dealkylation sites (tertiary alicyclic amines) is 1. The molecule has 2 aliphatic rings. The second kappa shape index (κ2) is 10.2. The van der Waals surface area contributed by atoms with Crippen LogP contribution < -0.4 is 5.73 Å². The van der Waals surface area contributed by atoms with E-state index in [4.69, 9.17) is 10.5 Å². The Labute approximate surface area is 223 Å². The van der Waals surface area contributed by atoms with Crippen molar-refractivity contribution in [3.63, 3.8) is 0 Å². The molecule has 0 radical (unpaired) electrons. The number of primary amides is 1. The van der Waals surface area contributed by atoms with Gasteiger partial charge < -0.3 is 10.5 Å². The van der Waals surface area contributed by atoms with E-state index in [1.165, 1.54) is 47.1 Å². The summed E-state index contributed by atoms with van der Waals surface area (Å²) in [4.78, 5) is 18.0. The van der Waals surface area contributed by atoms with Crippen molar-refractivity contribution in [1.29, 1.82) is 0 Å². The highest BCUT2D eigenvalue weighted by atomic mass is 16.5. The van der Waals surface area contributed by atoms with Crippen LogP contribution in [0, 0.1) is 6.92 Å². The van der Waals surface area contributed by atoms with Gasteiger partial charge in [0.05, 0.1) is 17.9 Å². The van der Waals surface area contributed by atoms with E-state index in [2.05, 4.69) is 75.6 Å². The lowest BCUT2D eigenvalue weighted by Gasteiger charge is -2.47. The fourth-order valence-electron chi connectivity index (χ4n) is 5.51. The number of carbonyl (C=O) groups excluding carboxylic acids is 1. The molecule has 2 aliphatic heterocycles. The number of carbonyl (C=O) groups is 1. The molecule has 7 heteroatoms. The van der Waals surface area contributed by atoms with Crippen molar-refractivity contribution in [2.45, 2.75) is 44.8 Å². The molecule has 0 bridgehead atoms. The van der Waals surface area contributed by atoms with Crippen LogP contribution in [0.3, 0.4) is 0 Å². The quantitative estimate of drug-likeness (QED) is 0.392. The fourth-order valence-corrected chi connectivity index (χ4v) is 5.51. The van der Waals surface area contributed by atoms with E-state index in [1.54, 1.807) is 11.6 Å². The fraction of sp³-hybridized carbons (Fsp3) is 0.323. The Bertz CT molecular complexity index is 1410. The molecule has 4 aromatic rings. The van der Waals surface area contributed by atoms with E-state index in [1.807, 2.05) is 12.1 Å².